The fourth-order valence-electron chi connectivity index (χ4n) is 2.95. The summed E-state index contributed by atoms with van der Waals surface area (Å²) in [6, 6.07) is 24.1. The summed E-state index contributed by atoms with van der Waals surface area (Å²) in [7, 11) is 0. The van der Waals surface area contributed by atoms with Gasteiger partial charge in [-0.1, -0.05) is 42.5 Å². The van der Waals surface area contributed by atoms with Crippen LogP contribution in [0.3, 0.4) is 0 Å². The molecular formula is C22H16N2O3. The van der Waals surface area contributed by atoms with Crippen LogP contribution in [0.15, 0.2) is 72.8 Å². The van der Waals surface area contributed by atoms with Gasteiger partial charge in [0, 0.05) is 5.56 Å². The van der Waals surface area contributed by atoms with Gasteiger partial charge in [-0.25, -0.2) is 0 Å². The number of amides is 1. The second-order valence-corrected chi connectivity index (χ2v) is 6.12. The fourth-order valence-corrected chi connectivity index (χ4v) is 2.95. The molecule has 0 saturated heterocycles. The molecule has 0 aromatic heterocycles. The molecular weight excluding hydrogens is 340 g/mol. The van der Waals surface area contributed by atoms with E-state index in [0.717, 1.165) is 5.56 Å². The van der Waals surface area contributed by atoms with Crippen molar-refractivity contribution in [3.63, 3.8) is 0 Å². The van der Waals surface area contributed by atoms with Gasteiger partial charge in [0.15, 0.2) is 0 Å². The van der Waals surface area contributed by atoms with Crippen molar-refractivity contribution >= 4 is 11.6 Å². The van der Waals surface area contributed by atoms with Crippen LogP contribution in [-0.4, -0.2) is 5.91 Å². The Morgan fingerprint density at radius 1 is 1.04 bits per heavy atom. The SMILES string of the molecule is N#Cc1ccc(OCc2ccccc2)c([C@@H]2Oc3ccccc3NC2=O)c1. The van der Waals surface area contributed by atoms with E-state index in [9.17, 15) is 10.1 Å². The highest BCUT2D eigenvalue weighted by Crippen LogP contribution is 2.38. The van der Waals surface area contributed by atoms with E-state index >= 15 is 0 Å². The Hall–Kier alpha value is -3.78. The van der Waals surface area contributed by atoms with Crippen LogP contribution >= 0.6 is 0 Å². The zero-order valence-corrected chi connectivity index (χ0v) is 14.4. The normalized spacial score (nSPS) is 15.1. The maximum Gasteiger partial charge on any atom is 0.270 e. The van der Waals surface area contributed by atoms with Crippen LogP contribution in [0.1, 0.15) is 22.8 Å². The Morgan fingerprint density at radius 2 is 1.81 bits per heavy atom. The molecule has 3 aromatic rings. The summed E-state index contributed by atoms with van der Waals surface area (Å²) in [5.74, 6) is 0.796. The van der Waals surface area contributed by atoms with Crippen molar-refractivity contribution < 1.29 is 14.3 Å². The molecule has 5 heteroatoms. The molecule has 132 valence electrons. The van der Waals surface area contributed by atoms with E-state index in [-0.39, 0.29) is 5.91 Å². The molecule has 1 aliphatic heterocycles. The van der Waals surface area contributed by atoms with Crippen LogP contribution in [0.5, 0.6) is 11.5 Å². The maximum atomic E-state index is 12.6. The molecule has 1 aliphatic rings. The van der Waals surface area contributed by atoms with Crippen molar-refractivity contribution in [2.24, 2.45) is 0 Å². The predicted octanol–water partition coefficient (Wildman–Crippen LogP) is 4.21. The Labute approximate surface area is 156 Å². The number of rotatable bonds is 4. The number of anilines is 1. The molecule has 5 nitrogen and oxygen atoms in total. The Balaban J connectivity index is 1.66. The van der Waals surface area contributed by atoms with Crippen molar-refractivity contribution in [2.75, 3.05) is 5.32 Å². The molecule has 0 fully saturated rings. The summed E-state index contributed by atoms with van der Waals surface area (Å²) in [5, 5.41) is 12.1. The molecule has 0 saturated carbocycles. The molecule has 1 amide bonds. The molecule has 0 bridgehead atoms. The number of carbonyl (C=O) groups is 1. The minimum absolute atomic E-state index is 0.298. The molecule has 0 radical (unpaired) electrons. The number of nitrogens with zero attached hydrogens (tertiary/aromatic N) is 1. The third kappa shape index (κ3) is 3.46. The molecule has 1 atom stereocenters. The number of nitrogens with one attached hydrogen (secondary N) is 1. The maximum absolute atomic E-state index is 12.6. The summed E-state index contributed by atoms with van der Waals surface area (Å²) < 4.78 is 11.9. The van der Waals surface area contributed by atoms with Crippen molar-refractivity contribution in [3.8, 4) is 17.6 Å². The van der Waals surface area contributed by atoms with Crippen molar-refractivity contribution in [1.29, 1.82) is 5.26 Å². The Bertz CT molecular complexity index is 1030. The summed E-state index contributed by atoms with van der Waals surface area (Å²) >= 11 is 0. The molecule has 3 aromatic carbocycles. The minimum atomic E-state index is -0.890. The smallest absolute Gasteiger partial charge is 0.270 e. The van der Waals surface area contributed by atoms with Crippen LogP contribution < -0.4 is 14.8 Å². The number of ether oxygens (including phenoxy) is 2. The van der Waals surface area contributed by atoms with Crippen molar-refractivity contribution in [3.05, 3.63) is 89.5 Å². The molecule has 1 heterocycles. The lowest BCUT2D eigenvalue weighted by Crippen LogP contribution is -2.30. The average molecular weight is 356 g/mol. The van der Waals surface area contributed by atoms with Gasteiger partial charge >= 0.3 is 0 Å². The number of nitriles is 1. The molecule has 0 unspecified atom stereocenters. The first-order valence-corrected chi connectivity index (χ1v) is 8.52. The van der Waals surface area contributed by atoms with Crippen LogP contribution in [0.2, 0.25) is 0 Å². The highest BCUT2D eigenvalue weighted by molar-refractivity contribution is 5.98. The molecule has 0 spiro atoms. The molecule has 1 N–H and O–H groups in total. The van der Waals surface area contributed by atoms with Gasteiger partial charge in [-0.05, 0) is 35.9 Å². The zero-order chi connectivity index (χ0) is 18.6. The number of para-hydroxylation sites is 2. The number of hydrogen-bond acceptors (Lipinski definition) is 4. The van der Waals surface area contributed by atoms with Gasteiger partial charge in [0.2, 0.25) is 6.10 Å². The van der Waals surface area contributed by atoms with Gasteiger partial charge in [0.05, 0.1) is 17.3 Å². The second kappa shape index (κ2) is 7.22. The predicted molar refractivity (Wildman–Crippen MR) is 100 cm³/mol. The second-order valence-electron chi connectivity index (χ2n) is 6.12. The van der Waals surface area contributed by atoms with E-state index in [4.69, 9.17) is 9.47 Å². The van der Waals surface area contributed by atoms with Crippen LogP contribution in [0.4, 0.5) is 5.69 Å². The molecule has 4 rings (SSSR count). The first-order chi connectivity index (χ1) is 13.2. The Kier molecular flexibility index (Phi) is 4.46. The first kappa shape index (κ1) is 16.7. The van der Waals surface area contributed by atoms with E-state index in [1.807, 2.05) is 42.5 Å². The number of benzene rings is 3. The van der Waals surface area contributed by atoms with E-state index in [2.05, 4.69) is 11.4 Å². The quantitative estimate of drug-likeness (QED) is 0.760. The summed E-state index contributed by atoms with van der Waals surface area (Å²) in [5.41, 5.74) is 2.60. The lowest BCUT2D eigenvalue weighted by Gasteiger charge is -2.27. The van der Waals surface area contributed by atoms with E-state index in [1.165, 1.54) is 0 Å². The average Bonchev–Trinajstić information content (AvgIpc) is 2.72. The van der Waals surface area contributed by atoms with Crippen molar-refractivity contribution in [2.45, 2.75) is 12.7 Å². The first-order valence-electron chi connectivity index (χ1n) is 8.52. The number of carbonyl (C=O) groups excluding carboxylic acids is 1. The van der Waals surface area contributed by atoms with Crippen LogP contribution in [-0.2, 0) is 11.4 Å². The van der Waals surface area contributed by atoms with E-state index in [0.29, 0.717) is 34.9 Å². The lowest BCUT2D eigenvalue weighted by molar-refractivity contribution is -0.123. The third-order valence-corrected chi connectivity index (χ3v) is 4.29. The van der Waals surface area contributed by atoms with Gasteiger partial charge in [0.1, 0.15) is 18.1 Å². The lowest BCUT2D eigenvalue weighted by atomic mass is 10.0. The molecule has 0 aliphatic carbocycles. The van der Waals surface area contributed by atoms with Gasteiger partial charge in [-0.15, -0.1) is 0 Å². The van der Waals surface area contributed by atoms with Gasteiger partial charge < -0.3 is 14.8 Å². The fraction of sp³-hybridized carbons (Fsp3) is 0.0909. The summed E-state index contributed by atoms with van der Waals surface area (Å²) in [6.45, 7) is 0.352. The number of fused-ring (bicyclic) bond motifs is 1. The van der Waals surface area contributed by atoms with Crippen molar-refractivity contribution in [1.82, 2.24) is 0 Å². The summed E-state index contributed by atoms with van der Waals surface area (Å²) in [4.78, 5) is 12.6. The molecule has 27 heavy (non-hydrogen) atoms. The highest BCUT2D eigenvalue weighted by atomic mass is 16.5. The minimum Gasteiger partial charge on any atom is -0.488 e. The standard InChI is InChI=1S/C22H16N2O3/c23-13-16-10-11-19(26-14-15-6-2-1-3-7-15)17(12-16)21-22(25)24-18-8-4-5-9-20(18)27-21/h1-12,21H,14H2,(H,24,25)/t21-/m0/s1. The van der Waals surface area contributed by atoms with Crippen LogP contribution in [0.25, 0.3) is 0 Å². The third-order valence-electron chi connectivity index (χ3n) is 4.29. The van der Waals surface area contributed by atoms with Crippen LogP contribution in [0, 0.1) is 11.3 Å². The van der Waals surface area contributed by atoms with Gasteiger partial charge in [-0.2, -0.15) is 5.26 Å². The topological polar surface area (TPSA) is 71.3 Å². The Morgan fingerprint density at radius 3 is 2.63 bits per heavy atom. The largest absolute Gasteiger partial charge is 0.488 e. The summed E-state index contributed by atoms with van der Waals surface area (Å²) in [6.07, 6.45) is -0.890. The van der Waals surface area contributed by atoms with Gasteiger partial charge in [0.25, 0.3) is 5.91 Å². The number of hydrogen-bond donors (Lipinski definition) is 1. The van der Waals surface area contributed by atoms with E-state index in [1.54, 1.807) is 30.3 Å². The zero-order valence-electron chi connectivity index (χ0n) is 14.4. The highest BCUT2D eigenvalue weighted by Gasteiger charge is 2.31. The van der Waals surface area contributed by atoms with E-state index < -0.39 is 6.10 Å². The monoisotopic (exact) mass is 356 g/mol. The van der Waals surface area contributed by atoms with Gasteiger partial charge in [-0.3, -0.25) is 4.79 Å².